The molecule has 1 aliphatic rings. The van der Waals surface area contributed by atoms with Crippen molar-refractivity contribution in [1.29, 1.82) is 0 Å². The lowest BCUT2D eigenvalue weighted by molar-refractivity contribution is 0.0340. The molecule has 1 fully saturated rings. The van der Waals surface area contributed by atoms with E-state index in [-0.39, 0.29) is 5.91 Å². The molecule has 2 heterocycles. The number of amides is 1. The number of ether oxygens (including phenoxy) is 1. The maximum atomic E-state index is 12.3. The van der Waals surface area contributed by atoms with Crippen LogP contribution >= 0.6 is 0 Å². The van der Waals surface area contributed by atoms with Gasteiger partial charge in [-0.05, 0) is 30.2 Å². The first-order valence-corrected chi connectivity index (χ1v) is 8.30. The van der Waals surface area contributed by atoms with E-state index in [1.54, 1.807) is 12.3 Å². The zero-order valence-corrected chi connectivity index (χ0v) is 14.0. The predicted octanol–water partition coefficient (Wildman–Crippen LogP) is 2.15. The monoisotopic (exact) mass is 325 g/mol. The lowest BCUT2D eigenvalue weighted by Crippen LogP contribution is -2.36. The second-order valence-electron chi connectivity index (χ2n) is 6.03. The molecule has 3 rings (SSSR count). The summed E-state index contributed by atoms with van der Waals surface area (Å²) in [6.07, 6.45) is 1.62. The van der Waals surface area contributed by atoms with Crippen LogP contribution in [-0.4, -0.2) is 42.1 Å². The van der Waals surface area contributed by atoms with Crippen LogP contribution in [0.15, 0.2) is 42.6 Å². The summed E-state index contributed by atoms with van der Waals surface area (Å²) >= 11 is 0. The van der Waals surface area contributed by atoms with Crippen molar-refractivity contribution in [2.75, 3.05) is 26.3 Å². The van der Waals surface area contributed by atoms with E-state index in [0.29, 0.717) is 12.1 Å². The normalized spacial score (nSPS) is 15.2. The minimum atomic E-state index is -0.0938. The lowest BCUT2D eigenvalue weighted by atomic mass is 10.1. The molecular weight excluding hydrogens is 302 g/mol. The first-order valence-electron chi connectivity index (χ1n) is 8.30. The summed E-state index contributed by atoms with van der Waals surface area (Å²) in [5.41, 5.74) is 3.90. The molecule has 126 valence electrons. The van der Waals surface area contributed by atoms with Crippen LogP contribution in [0.1, 0.15) is 27.2 Å². The SMILES string of the molecule is Cc1ccc(C(=O)NCc2ccccc2CN2CCOCC2)cn1. The largest absolute Gasteiger partial charge is 0.379 e. The highest BCUT2D eigenvalue weighted by atomic mass is 16.5. The van der Waals surface area contributed by atoms with E-state index in [9.17, 15) is 4.79 Å². The predicted molar refractivity (Wildman–Crippen MR) is 92.7 cm³/mol. The Hall–Kier alpha value is -2.24. The number of benzene rings is 1. The van der Waals surface area contributed by atoms with E-state index in [1.165, 1.54) is 5.56 Å². The third-order valence-electron chi connectivity index (χ3n) is 4.23. The van der Waals surface area contributed by atoms with Crippen LogP contribution in [0, 0.1) is 6.92 Å². The van der Waals surface area contributed by atoms with Gasteiger partial charge in [-0.15, -0.1) is 0 Å². The van der Waals surface area contributed by atoms with Crippen molar-refractivity contribution < 1.29 is 9.53 Å². The number of carbonyl (C=O) groups excluding carboxylic acids is 1. The van der Waals surface area contributed by atoms with Gasteiger partial charge in [0.2, 0.25) is 0 Å². The molecule has 1 aromatic carbocycles. The summed E-state index contributed by atoms with van der Waals surface area (Å²) in [7, 11) is 0. The smallest absolute Gasteiger partial charge is 0.253 e. The molecule has 1 saturated heterocycles. The van der Waals surface area contributed by atoms with E-state index < -0.39 is 0 Å². The first kappa shape index (κ1) is 16.6. The van der Waals surface area contributed by atoms with Crippen molar-refractivity contribution in [2.24, 2.45) is 0 Å². The molecule has 1 amide bonds. The Morgan fingerprint density at radius 3 is 2.62 bits per heavy atom. The number of pyridine rings is 1. The maximum Gasteiger partial charge on any atom is 0.253 e. The van der Waals surface area contributed by atoms with E-state index in [4.69, 9.17) is 4.74 Å². The minimum Gasteiger partial charge on any atom is -0.379 e. The molecule has 5 heteroatoms. The van der Waals surface area contributed by atoms with Crippen molar-refractivity contribution in [3.63, 3.8) is 0 Å². The molecule has 0 saturated carbocycles. The Labute approximate surface area is 142 Å². The maximum absolute atomic E-state index is 12.3. The number of nitrogens with zero attached hydrogens (tertiary/aromatic N) is 2. The average molecular weight is 325 g/mol. The molecule has 0 unspecified atom stereocenters. The zero-order valence-electron chi connectivity index (χ0n) is 14.0. The van der Waals surface area contributed by atoms with Gasteiger partial charge >= 0.3 is 0 Å². The number of nitrogens with one attached hydrogen (secondary N) is 1. The van der Waals surface area contributed by atoms with E-state index >= 15 is 0 Å². The van der Waals surface area contributed by atoms with Crippen LogP contribution in [0.4, 0.5) is 0 Å². The van der Waals surface area contributed by atoms with E-state index in [0.717, 1.165) is 44.1 Å². The molecule has 1 N–H and O–H groups in total. The molecule has 1 aliphatic heterocycles. The number of rotatable bonds is 5. The molecular formula is C19H23N3O2. The highest BCUT2D eigenvalue weighted by Gasteiger charge is 2.13. The summed E-state index contributed by atoms with van der Waals surface area (Å²) in [5.74, 6) is -0.0938. The molecule has 0 bridgehead atoms. The number of hydrogen-bond donors (Lipinski definition) is 1. The van der Waals surface area contributed by atoms with Gasteiger partial charge in [0.15, 0.2) is 0 Å². The lowest BCUT2D eigenvalue weighted by Gasteiger charge is -2.27. The molecule has 0 atom stereocenters. The topological polar surface area (TPSA) is 54.5 Å². The van der Waals surface area contributed by atoms with Gasteiger partial charge in [0, 0.05) is 38.1 Å². The number of morpholine rings is 1. The van der Waals surface area contributed by atoms with Gasteiger partial charge in [-0.2, -0.15) is 0 Å². The van der Waals surface area contributed by atoms with E-state index in [1.807, 2.05) is 25.1 Å². The first-order chi connectivity index (χ1) is 11.7. The number of aryl methyl sites for hydroxylation is 1. The number of hydrogen-bond acceptors (Lipinski definition) is 4. The molecule has 1 aromatic heterocycles. The molecule has 2 aromatic rings. The quantitative estimate of drug-likeness (QED) is 0.915. The van der Waals surface area contributed by atoms with Gasteiger partial charge in [-0.1, -0.05) is 24.3 Å². The summed E-state index contributed by atoms with van der Waals surface area (Å²) in [6.45, 7) is 6.81. The summed E-state index contributed by atoms with van der Waals surface area (Å²) in [6, 6.07) is 11.9. The fraction of sp³-hybridized carbons (Fsp3) is 0.368. The van der Waals surface area contributed by atoms with Gasteiger partial charge in [-0.3, -0.25) is 14.7 Å². The van der Waals surface area contributed by atoms with Crippen LogP contribution in [0.25, 0.3) is 0 Å². The van der Waals surface area contributed by atoms with Crippen LogP contribution in [0.5, 0.6) is 0 Å². The fourth-order valence-electron chi connectivity index (χ4n) is 2.76. The van der Waals surface area contributed by atoms with Crippen molar-refractivity contribution >= 4 is 5.91 Å². The summed E-state index contributed by atoms with van der Waals surface area (Å²) < 4.78 is 5.40. The Morgan fingerprint density at radius 2 is 1.92 bits per heavy atom. The van der Waals surface area contributed by atoms with Crippen molar-refractivity contribution in [2.45, 2.75) is 20.0 Å². The molecule has 0 radical (unpaired) electrons. The number of aromatic nitrogens is 1. The van der Waals surface area contributed by atoms with Gasteiger partial charge < -0.3 is 10.1 Å². The summed E-state index contributed by atoms with van der Waals surface area (Å²) in [4.78, 5) is 18.8. The highest BCUT2D eigenvalue weighted by Crippen LogP contribution is 2.13. The van der Waals surface area contributed by atoms with Crippen molar-refractivity contribution in [3.05, 3.63) is 65.0 Å². The van der Waals surface area contributed by atoms with Crippen LogP contribution in [-0.2, 0) is 17.8 Å². The van der Waals surface area contributed by atoms with Gasteiger partial charge in [0.05, 0.1) is 18.8 Å². The fourth-order valence-corrected chi connectivity index (χ4v) is 2.76. The van der Waals surface area contributed by atoms with Crippen LogP contribution in [0.2, 0.25) is 0 Å². The Morgan fingerprint density at radius 1 is 1.17 bits per heavy atom. The van der Waals surface area contributed by atoms with Crippen LogP contribution in [0.3, 0.4) is 0 Å². The van der Waals surface area contributed by atoms with Gasteiger partial charge in [-0.25, -0.2) is 0 Å². The Kier molecular flexibility index (Phi) is 5.56. The standard InChI is InChI=1S/C19H23N3O2/c1-15-6-7-17(13-20-15)19(23)21-12-16-4-2-3-5-18(16)14-22-8-10-24-11-9-22/h2-7,13H,8-12,14H2,1H3,(H,21,23). The van der Waals surface area contributed by atoms with Crippen molar-refractivity contribution in [1.82, 2.24) is 15.2 Å². The zero-order chi connectivity index (χ0) is 16.8. The molecule has 5 nitrogen and oxygen atoms in total. The molecule has 24 heavy (non-hydrogen) atoms. The highest BCUT2D eigenvalue weighted by molar-refractivity contribution is 5.93. The second-order valence-corrected chi connectivity index (χ2v) is 6.03. The Balaban J connectivity index is 1.62. The third kappa shape index (κ3) is 4.40. The van der Waals surface area contributed by atoms with E-state index in [2.05, 4.69) is 27.3 Å². The minimum absolute atomic E-state index is 0.0938. The van der Waals surface area contributed by atoms with Crippen molar-refractivity contribution in [3.8, 4) is 0 Å². The molecule has 0 aliphatic carbocycles. The number of carbonyl (C=O) groups is 1. The average Bonchev–Trinajstić information content (AvgIpc) is 2.62. The van der Waals surface area contributed by atoms with Gasteiger partial charge in [0.25, 0.3) is 5.91 Å². The Bertz CT molecular complexity index is 679. The molecule has 0 spiro atoms. The van der Waals surface area contributed by atoms with Crippen LogP contribution < -0.4 is 5.32 Å². The summed E-state index contributed by atoms with van der Waals surface area (Å²) in [5, 5.41) is 2.99. The third-order valence-corrected chi connectivity index (χ3v) is 4.23. The second kappa shape index (κ2) is 8.04. The van der Waals surface area contributed by atoms with Gasteiger partial charge in [0.1, 0.15) is 0 Å².